The number of pyridine rings is 1. The third-order valence-electron chi connectivity index (χ3n) is 5.02. The van der Waals surface area contributed by atoms with Crippen molar-refractivity contribution in [3.8, 4) is 5.75 Å². The molecule has 1 atom stereocenters. The minimum Gasteiger partial charge on any atom is -0.488 e. The molecule has 0 saturated carbocycles. The van der Waals surface area contributed by atoms with Crippen LogP contribution in [-0.2, 0) is 18.6 Å². The molecule has 0 saturated heterocycles. The summed E-state index contributed by atoms with van der Waals surface area (Å²) in [5.41, 5.74) is 1.75. The van der Waals surface area contributed by atoms with Gasteiger partial charge in [0.05, 0.1) is 12.0 Å². The number of rotatable bonds is 6. The van der Waals surface area contributed by atoms with E-state index in [0.29, 0.717) is 35.1 Å². The van der Waals surface area contributed by atoms with Crippen LogP contribution in [-0.4, -0.2) is 21.6 Å². The molecule has 0 aromatic carbocycles. The second-order valence-electron chi connectivity index (χ2n) is 8.08. The number of H-pyrrole nitrogens is 2. The monoisotopic (exact) mass is 431 g/mol. The van der Waals surface area contributed by atoms with Crippen molar-refractivity contribution in [3.63, 3.8) is 0 Å². The zero-order valence-corrected chi connectivity index (χ0v) is 18.5. The molecule has 2 N–H and O–H groups in total. The maximum absolute atomic E-state index is 12.7. The Morgan fingerprint density at radius 3 is 2.97 bits per heavy atom. The van der Waals surface area contributed by atoms with Gasteiger partial charge >= 0.3 is 0 Å². The number of hydrogen-bond acceptors (Lipinski definition) is 6. The summed E-state index contributed by atoms with van der Waals surface area (Å²) < 4.78 is 5.52. The first-order valence-electron chi connectivity index (χ1n) is 9.92. The lowest BCUT2D eigenvalue weighted by Crippen LogP contribution is -2.14. The van der Waals surface area contributed by atoms with E-state index in [1.165, 1.54) is 22.2 Å². The van der Waals surface area contributed by atoms with Crippen LogP contribution < -0.4 is 15.7 Å². The molecule has 0 fully saturated rings. The number of ether oxygens (including phenoxy) is 1. The predicted octanol–water partition coefficient (Wildman–Crippen LogP) is 4.12. The summed E-state index contributed by atoms with van der Waals surface area (Å²) in [6.07, 6.45) is 4.72. The van der Waals surface area contributed by atoms with Gasteiger partial charge in [-0.05, 0) is 36.7 Å². The van der Waals surface area contributed by atoms with E-state index in [2.05, 4.69) is 21.9 Å². The molecule has 0 radical (unpaired) electrons. The molecule has 29 heavy (non-hydrogen) atoms. The molecule has 0 aliphatic heterocycles. The quantitative estimate of drug-likeness (QED) is 0.453. The van der Waals surface area contributed by atoms with Crippen molar-refractivity contribution >= 4 is 33.3 Å². The number of nitrogens with one attached hydrogen (secondary N) is 2. The fraction of sp³-hybridized carbons (Fsp3) is 0.476. The van der Waals surface area contributed by atoms with E-state index in [1.54, 1.807) is 23.6 Å². The second-order valence-corrected chi connectivity index (χ2v) is 10.1. The van der Waals surface area contributed by atoms with Crippen molar-refractivity contribution < 1.29 is 4.74 Å². The largest absolute Gasteiger partial charge is 0.488 e. The Hall–Kier alpha value is -2.06. The molecule has 1 aliphatic rings. The van der Waals surface area contributed by atoms with Crippen molar-refractivity contribution in [2.75, 3.05) is 6.61 Å². The van der Waals surface area contributed by atoms with E-state index in [1.807, 2.05) is 13.8 Å². The fourth-order valence-electron chi connectivity index (χ4n) is 3.50. The van der Waals surface area contributed by atoms with Crippen molar-refractivity contribution in [1.82, 2.24) is 15.0 Å². The van der Waals surface area contributed by atoms with E-state index in [-0.39, 0.29) is 11.0 Å². The van der Waals surface area contributed by atoms with E-state index < -0.39 is 0 Å². The molecular weight excluding hydrogens is 406 g/mol. The maximum atomic E-state index is 12.7. The Bertz CT molecular complexity index is 1150. The molecule has 1 unspecified atom stereocenters. The Balaban J connectivity index is 1.51. The highest BCUT2D eigenvalue weighted by Gasteiger charge is 2.23. The second kappa shape index (κ2) is 8.36. The van der Waals surface area contributed by atoms with Gasteiger partial charge in [-0.1, -0.05) is 32.5 Å². The van der Waals surface area contributed by atoms with E-state index in [0.717, 1.165) is 35.2 Å². The average molecular weight is 432 g/mol. The molecule has 8 heteroatoms. The van der Waals surface area contributed by atoms with E-state index in [9.17, 15) is 9.59 Å². The number of aryl methyl sites for hydroxylation is 1. The first-order valence-corrected chi connectivity index (χ1v) is 11.7. The molecule has 3 heterocycles. The van der Waals surface area contributed by atoms with Gasteiger partial charge in [0, 0.05) is 28.6 Å². The van der Waals surface area contributed by atoms with Gasteiger partial charge in [0.15, 0.2) is 10.9 Å². The molecule has 6 nitrogen and oxygen atoms in total. The van der Waals surface area contributed by atoms with Crippen molar-refractivity contribution in [2.24, 2.45) is 11.8 Å². The molecule has 3 aromatic rings. The van der Waals surface area contributed by atoms with Crippen LogP contribution in [0, 0.1) is 11.8 Å². The molecule has 0 amide bonds. The maximum Gasteiger partial charge on any atom is 0.260 e. The molecular formula is C21H25N3O3S2. The summed E-state index contributed by atoms with van der Waals surface area (Å²) in [7, 11) is 0. The van der Waals surface area contributed by atoms with Crippen molar-refractivity contribution in [2.45, 2.75) is 50.9 Å². The first kappa shape index (κ1) is 20.2. The fourth-order valence-corrected chi connectivity index (χ4v) is 5.72. The van der Waals surface area contributed by atoms with Gasteiger partial charge in [-0.15, -0.1) is 11.3 Å². The number of thiophene rings is 1. The minimum atomic E-state index is -0.142. The van der Waals surface area contributed by atoms with Crippen LogP contribution in [0.5, 0.6) is 5.75 Å². The molecule has 4 rings (SSSR count). The Morgan fingerprint density at radius 1 is 1.38 bits per heavy atom. The Kier molecular flexibility index (Phi) is 5.83. The highest BCUT2D eigenvalue weighted by Crippen LogP contribution is 2.36. The van der Waals surface area contributed by atoms with Gasteiger partial charge in [-0.25, -0.2) is 4.98 Å². The zero-order chi connectivity index (χ0) is 20.5. The first-order chi connectivity index (χ1) is 13.9. The smallest absolute Gasteiger partial charge is 0.260 e. The highest BCUT2D eigenvalue weighted by molar-refractivity contribution is 7.98. The molecule has 0 spiro atoms. The standard InChI is InChI=1S/C21H25N3O3S2/c1-11(2)9-27-16-8-22-13(7-15(16)25)10-28-21-23-19(26)18-14-5-4-12(3)6-17(14)29-20(18)24-21/h7-8,11-12H,4-6,9-10H2,1-3H3,(H,22,25)(H,23,24,26). The summed E-state index contributed by atoms with van der Waals surface area (Å²) in [5, 5.41) is 1.34. The molecule has 0 bridgehead atoms. The lowest BCUT2D eigenvalue weighted by molar-refractivity contribution is 0.268. The SMILES string of the molecule is CC(C)COc1c[nH]c(CSc2nc3sc4c(c3c(=O)[nH]2)CCC(C)C4)cc1=O. The lowest BCUT2D eigenvalue weighted by Gasteiger charge is -2.17. The third-order valence-corrected chi connectivity index (χ3v) is 7.09. The summed E-state index contributed by atoms with van der Waals surface area (Å²) in [6.45, 7) is 6.83. The summed E-state index contributed by atoms with van der Waals surface area (Å²) in [6, 6.07) is 1.55. The summed E-state index contributed by atoms with van der Waals surface area (Å²) >= 11 is 3.06. The van der Waals surface area contributed by atoms with E-state index >= 15 is 0 Å². The van der Waals surface area contributed by atoms with Gasteiger partial charge < -0.3 is 14.7 Å². The van der Waals surface area contributed by atoms with Gasteiger partial charge in [-0.2, -0.15) is 0 Å². The van der Waals surface area contributed by atoms with E-state index in [4.69, 9.17) is 4.74 Å². The summed E-state index contributed by atoms with van der Waals surface area (Å²) in [4.78, 5) is 37.7. The number of thioether (sulfide) groups is 1. The Labute approximate surface area is 177 Å². The van der Waals surface area contributed by atoms with Gasteiger partial charge in [0.1, 0.15) is 4.83 Å². The Morgan fingerprint density at radius 2 is 2.21 bits per heavy atom. The van der Waals surface area contributed by atoms with Crippen LogP contribution >= 0.6 is 23.1 Å². The topological polar surface area (TPSA) is 87.8 Å². The van der Waals surface area contributed by atoms with Crippen LogP contribution in [0.15, 0.2) is 27.0 Å². The number of aromatic nitrogens is 3. The number of nitrogens with zero attached hydrogens (tertiary/aromatic N) is 1. The molecule has 3 aromatic heterocycles. The van der Waals surface area contributed by atoms with Crippen molar-refractivity contribution in [3.05, 3.63) is 49.0 Å². The van der Waals surface area contributed by atoms with Gasteiger partial charge in [-0.3, -0.25) is 9.59 Å². The zero-order valence-electron chi connectivity index (χ0n) is 16.8. The molecule has 154 valence electrons. The lowest BCUT2D eigenvalue weighted by atomic mass is 9.89. The number of fused-ring (bicyclic) bond motifs is 3. The normalized spacial score (nSPS) is 16.3. The summed E-state index contributed by atoms with van der Waals surface area (Å²) in [5.74, 6) is 1.86. The number of hydrogen-bond donors (Lipinski definition) is 2. The van der Waals surface area contributed by atoms with Crippen LogP contribution in [0.25, 0.3) is 10.2 Å². The average Bonchev–Trinajstić information content (AvgIpc) is 3.03. The predicted molar refractivity (Wildman–Crippen MR) is 118 cm³/mol. The minimum absolute atomic E-state index is 0.0597. The van der Waals surface area contributed by atoms with Crippen LogP contribution in [0.3, 0.4) is 0 Å². The van der Waals surface area contributed by atoms with Crippen LogP contribution in [0.1, 0.15) is 43.3 Å². The van der Waals surface area contributed by atoms with Crippen molar-refractivity contribution in [1.29, 1.82) is 0 Å². The third kappa shape index (κ3) is 4.43. The van der Waals surface area contributed by atoms with Crippen LogP contribution in [0.4, 0.5) is 0 Å². The van der Waals surface area contributed by atoms with Gasteiger partial charge in [0.2, 0.25) is 5.43 Å². The number of aromatic amines is 2. The molecule has 1 aliphatic carbocycles. The van der Waals surface area contributed by atoms with Gasteiger partial charge in [0.25, 0.3) is 5.56 Å². The van der Waals surface area contributed by atoms with Crippen LogP contribution in [0.2, 0.25) is 0 Å². The highest BCUT2D eigenvalue weighted by atomic mass is 32.2.